The topological polar surface area (TPSA) is 59.5 Å². The lowest BCUT2D eigenvalue weighted by Gasteiger charge is -2.29. The number of carbonyl (C=O) groups excluding carboxylic acids is 1. The molecule has 94 valence electrons. The summed E-state index contributed by atoms with van der Waals surface area (Å²) < 4.78 is 5.49. The maximum atomic E-state index is 12.1. The SMILES string of the molecule is CC1CCN(C(=O)c2ccc(CCN)o2)CC1. The first-order valence-electron chi connectivity index (χ1n) is 6.28. The maximum Gasteiger partial charge on any atom is 0.289 e. The summed E-state index contributed by atoms with van der Waals surface area (Å²) in [5, 5.41) is 0. The van der Waals surface area contributed by atoms with E-state index in [0.717, 1.165) is 37.6 Å². The van der Waals surface area contributed by atoms with Gasteiger partial charge in [0.15, 0.2) is 5.76 Å². The second kappa shape index (κ2) is 5.36. The standard InChI is InChI=1S/C13H20N2O2/c1-10-5-8-15(9-6-10)13(16)12-3-2-11(17-12)4-7-14/h2-3,10H,4-9,14H2,1H3. The van der Waals surface area contributed by atoms with E-state index in [0.29, 0.717) is 18.7 Å². The quantitative estimate of drug-likeness (QED) is 0.868. The fourth-order valence-corrected chi connectivity index (χ4v) is 2.14. The van der Waals surface area contributed by atoms with Gasteiger partial charge < -0.3 is 15.1 Å². The number of furan rings is 1. The van der Waals surface area contributed by atoms with E-state index in [9.17, 15) is 4.79 Å². The molecule has 17 heavy (non-hydrogen) atoms. The lowest BCUT2D eigenvalue weighted by molar-refractivity contribution is 0.0663. The molecule has 0 atom stereocenters. The predicted molar refractivity (Wildman–Crippen MR) is 65.8 cm³/mol. The molecule has 0 bridgehead atoms. The molecule has 2 N–H and O–H groups in total. The second-order valence-corrected chi connectivity index (χ2v) is 4.78. The zero-order valence-electron chi connectivity index (χ0n) is 10.3. The number of piperidine rings is 1. The van der Waals surface area contributed by atoms with E-state index in [2.05, 4.69) is 6.92 Å². The molecular weight excluding hydrogens is 216 g/mol. The number of likely N-dealkylation sites (tertiary alicyclic amines) is 1. The van der Waals surface area contributed by atoms with Gasteiger partial charge in [-0.2, -0.15) is 0 Å². The van der Waals surface area contributed by atoms with Crippen molar-refractivity contribution in [2.75, 3.05) is 19.6 Å². The van der Waals surface area contributed by atoms with E-state index in [-0.39, 0.29) is 5.91 Å². The molecule has 2 rings (SSSR count). The van der Waals surface area contributed by atoms with E-state index in [1.54, 1.807) is 6.07 Å². The number of amides is 1. The van der Waals surface area contributed by atoms with Crippen LogP contribution in [0.15, 0.2) is 16.5 Å². The first kappa shape index (κ1) is 12.2. The summed E-state index contributed by atoms with van der Waals surface area (Å²) in [5.41, 5.74) is 5.45. The first-order valence-corrected chi connectivity index (χ1v) is 6.28. The van der Waals surface area contributed by atoms with Crippen LogP contribution in [0.3, 0.4) is 0 Å². The number of carbonyl (C=O) groups is 1. The Morgan fingerprint density at radius 1 is 1.47 bits per heavy atom. The third-order valence-corrected chi connectivity index (χ3v) is 3.33. The molecule has 0 aromatic carbocycles. The minimum absolute atomic E-state index is 0.0140. The minimum Gasteiger partial charge on any atom is -0.456 e. The summed E-state index contributed by atoms with van der Waals surface area (Å²) >= 11 is 0. The van der Waals surface area contributed by atoms with Gasteiger partial charge in [0.2, 0.25) is 0 Å². The van der Waals surface area contributed by atoms with Crippen LogP contribution in [0.1, 0.15) is 36.1 Å². The van der Waals surface area contributed by atoms with Gasteiger partial charge in [-0.15, -0.1) is 0 Å². The highest BCUT2D eigenvalue weighted by Crippen LogP contribution is 2.19. The predicted octanol–water partition coefficient (Wildman–Crippen LogP) is 1.65. The van der Waals surface area contributed by atoms with Crippen LogP contribution in [0.4, 0.5) is 0 Å². The second-order valence-electron chi connectivity index (χ2n) is 4.78. The molecule has 1 aliphatic heterocycles. The molecule has 0 radical (unpaired) electrons. The van der Waals surface area contributed by atoms with Gasteiger partial charge in [0.25, 0.3) is 5.91 Å². The van der Waals surface area contributed by atoms with Gasteiger partial charge in [-0.25, -0.2) is 0 Å². The molecule has 0 spiro atoms. The molecule has 2 heterocycles. The number of nitrogens with two attached hydrogens (primary N) is 1. The van der Waals surface area contributed by atoms with Gasteiger partial charge in [0, 0.05) is 19.5 Å². The molecule has 4 nitrogen and oxygen atoms in total. The first-order chi connectivity index (χ1) is 8.20. The zero-order valence-corrected chi connectivity index (χ0v) is 10.3. The molecule has 4 heteroatoms. The number of hydrogen-bond donors (Lipinski definition) is 1. The summed E-state index contributed by atoms with van der Waals surface area (Å²) in [5.74, 6) is 1.98. The van der Waals surface area contributed by atoms with Crippen LogP contribution in [-0.2, 0) is 6.42 Å². The van der Waals surface area contributed by atoms with Crippen molar-refractivity contribution in [1.29, 1.82) is 0 Å². The summed E-state index contributed by atoms with van der Waals surface area (Å²) in [4.78, 5) is 14.0. The highest BCUT2D eigenvalue weighted by Gasteiger charge is 2.23. The third-order valence-electron chi connectivity index (χ3n) is 3.33. The Balaban J connectivity index is 1.98. The van der Waals surface area contributed by atoms with Crippen LogP contribution in [0.2, 0.25) is 0 Å². The van der Waals surface area contributed by atoms with Gasteiger partial charge in [-0.05, 0) is 37.4 Å². The Labute approximate surface area is 102 Å². The Morgan fingerprint density at radius 2 is 2.18 bits per heavy atom. The van der Waals surface area contributed by atoms with Gasteiger partial charge in [-0.3, -0.25) is 4.79 Å². The lowest BCUT2D eigenvalue weighted by atomic mass is 9.99. The van der Waals surface area contributed by atoms with Crippen molar-refractivity contribution >= 4 is 5.91 Å². The van der Waals surface area contributed by atoms with Crippen LogP contribution < -0.4 is 5.73 Å². The largest absolute Gasteiger partial charge is 0.456 e. The van der Waals surface area contributed by atoms with Gasteiger partial charge in [0.1, 0.15) is 5.76 Å². The molecule has 1 fully saturated rings. The average molecular weight is 236 g/mol. The zero-order chi connectivity index (χ0) is 12.3. The smallest absolute Gasteiger partial charge is 0.289 e. The molecule has 1 aromatic heterocycles. The van der Waals surface area contributed by atoms with Crippen molar-refractivity contribution in [2.24, 2.45) is 11.7 Å². The van der Waals surface area contributed by atoms with Gasteiger partial charge in [0.05, 0.1) is 0 Å². The number of hydrogen-bond acceptors (Lipinski definition) is 3. The molecular formula is C13H20N2O2. The molecule has 1 saturated heterocycles. The van der Waals surface area contributed by atoms with Crippen LogP contribution in [-0.4, -0.2) is 30.4 Å². The Kier molecular flexibility index (Phi) is 3.84. The third kappa shape index (κ3) is 2.88. The van der Waals surface area contributed by atoms with E-state index in [1.165, 1.54) is 0 Å². The Bertz CT molecular complexity index is 379. The molecule has 1 amide bonds. The van der Waals surface area contributed by atoms with Crippen LogP contribution >= 0.6 is 0 Å². The van der Waals surface area contributed by atoms with Crippen molar-refractivity contribution in [3.63, 3.8) is 0 Å². The van der Waals surface area contributed by atoms with Crippen molar-refractivity contribution in [3.8, 4) is 0 Å². The van der Waals surface area contributed by atoms with E-state index >= 15 is 0 Å². The molecule has 0 aliphatic carbocycles. The Hall–Kier alpha value is -1.29. The Morgan fingerprint density at radius 3 is 2.82 bits per heavy atom. The lowest BCUT2D eigenvalue weighted by Crippen LogP contribution is -2.37. The van der Waals surface area contributed by atoms with Gasteiger partial charge in [-0.1, -0.05) is 6.92 Å². The highest BCUT2D eigenvalue weighted by molar-refractivity contribution is 5.91. The van der Waals surface area contributed by atoms with Crippen molar-refractivity contribution in [2.45, 2.75) is 26.2 Å². The molecule has 0 unspecified atom stereocenters. The molecule has 1 aliphatic rings. The van der Waals surface area contributed by atoms with Crippen LogP contribution in [0.25, 0.3) is 0 Å². The normalized spacial score (nSPS) is 17.4. The summed E-state index contributed by atoms with van der Waals surface area (Å²) in [7, 11) is 0. The van der Waals surface area contributed by atoms with Crippen LogP contribution in [0, 0.1) is 5.92 Å². The van der Waals surface area contributed by atoms with E-state index in [4.69, 9.17) is 10.2 Å². The molecule has 1 aromatic rings. The van der Waals surface area contributed by atoms with Crippen molar-refractivity contribution < 1.29 is 9.21 Å². The summed E-state index contributed by atoms with van der Waals surface area (Å²) in [6, 6.07) is 3.60. The average Bonchev–Trinajstić information content (AvgIpc) is 2.78. The van der Waals surface area contributed by atoms with E-state index in [1.807, 2.05) is 11.0 Å². The number of nitrogens with zero attached hydrogens (tertiary/aromatic N) is 1. The van der Waals surface area contributed by atoms with Crippen molar-refractivity contribution in [3.05, 3.63) is 23.7 Å². The van der Waals surface area contributed by atoms with E-state index < -0.39 is 0 Å². The summed E-state index contributed by atoms with van der Waals surface area (Å²) in [6.07, 6.45) is 2.86. The fraction of sp³-hybridized carbons (Fsp3) is 0.615. The minimum atomic E-state index is 0.0140. The van der Waals surface area contributed by atoms with Crippen molar-refractivity contribution in [1.82, 2.24) is 4.90 Å². The molecule has 0 saturated carbocycles. The maximum absolute atomic E-state index is 12.1. The van der Waals surface area contributed by atoms with Crippen LogP contribution in [0.5, 0.6) is 0 Å². The number of rotatable bonds is 3. The highest BCUT2D eigenvalue weighted by atomic mass is 16.4. The fourth-order valence-electron chi connectivity index (χ4n) is 2.14. The van der Waals surface area contributed by atoms with Gasteiger partial charge >= 0.3 is 0 Å². The summed E-state index contributed by atoms with van der Waals surface area (Å²) in [6.45, 7) is 4.45. The monoisotopic (exact) mass is 236 g/mol.